The minimum absolute atomic E-state index is 0.0106. The Labute approximate surface area is 134 Å². The molecular weight excluding hydrogens is 302 g/mol. The van der Waals surface area contributed by atoms with Crippen molar-refractivity contribution < 1.29 is 18.7 Å². The number of piperidine rings is 1. The van der Waals surface area contributed by atoms with Crippen molar-refractivity contribution in [1.82, 2.24) is 0 Å². The molecule has 4 nitrogen and oxygen atoms in total. The van der Waals surface area contributed by atoms with Gasteiger partial charge in [-0.05, 0) is 50.7 Å². The molecule has 6 heteroatoms. The maximum atomic E-state index is 14.3. The fourth-order valence-corrected chi connectivity index (χ4v) is 3.54. The van der Waals surface area contributed by atoms with Crippen LogP contribution in [0.25, 0.3) is 0 Å². The van der Waals surface area contributed by atoms with E-state index in [1.807, 2.05) is 0 Å². The zero-order valence-electron chi connectivity index (χ0n) is 13.0. The number of anilines is 2. The number of rotatable bonds is 3. The summed E-state index contributed by atoms with van der Waals surface area (Å²) in [7, 11) is 0. The van der Waals surface area contributed by atoms with Gasteiger partial charge in [-0.25, -0.2) is 8.78 Å². The highest BCUT2D eigenvalue weighted by atomic mass is 19.1. The Morgan fingerprint density at radius 3 is 2.30 bits per heavy atom. The van der Waals surface area contributed by atoms with E-state index in [-0.39, 0.29) is 17.3 Å². The number of nitrogens with zero attached hydrogens (tertiary/aromatic N) is 1. The average molecular weight is 324 g/mol. The molecule has 2 unspecified atom stereocenters. The van der Waals surface area contributed by atoms with Crippen LogP contribution in [0.4, 0.5) is 20.2 Å². The highest BCUT2D eigenvalue weighted by Gasteiger charge is 2.31. The standard InChI is InChI=1S/C17H22F2N2O2/c18-13-9-11(20-17(23)12-5-4-6-15(12)22)10-14(19)16(13)21-7-2-1-3-8-21/h9-10,12,15,22H,1-8H2,(H,20,23). The zero-order valence-corrected chi connectivity index (χ0v) is 13.0. The second kappa shape index (κ2) is 6.83. The number of hydrogen-bond acceptors (Lipinski definition) is 3. The maximum absolute atomic E-state index is 14.3. The summed E-state index contributed by atoms with van der Waals surface area (Å²) in [6.07, 6.45) is 4.25. The Hall–Kier alpha value is -1.69. The molecule has 23 heavy (non-hydrogen) atoms. The monoisotopic (exact) mass is 324 g/mol. The SMILES string of the molecule is O=C(Nc1cc(F)c(N2CCCCC2)c(F)c1)C1CCCC1O. The molecule has 1 saturated heterocycles. The van der Waals surface area contributed by atoms with E-state index in [0.717, 1.165) is 37.8 Å². The second-order valence-electron chi connectivity index (χ2n) is 6.43. The molecule has 1 aromatic carbocycles. The summed E-state index contributed by atoms with van der Waals surface area (Å²) in [6.45, 7) is 1.29. The Bertz CT molecular complexity index is 565. The van der Waals surface area contributed by atoms with Gasteiger partial charge in [0.05, 0.1) is 12.0 Å². The molecule has 1 saturated carbocycles. The molecule has 1 aliphatic carbocycles. The predicted molar refractivity (Wildman–Crippen MR) is 84.4 cm³/mol. The topological polar surface area (TPSA) is 52.6 Å². The Balaban J connectivity index is 1.75. The van der Waals surface area contributed by atoms with Gasteiger partial charge < -0.3 is 15.3 Å². The fourth-order valence-electron chi connectivity index (χ4n) is 3.54. The van der Waals surface area contributed by atoms with E-state index in [2.05, 4.69) is 5.32 Å². The lowest BCUT2D eigenvalue weighted by molar-refractivity contribution is -0.122. The van der Waals surface area contributed by atoms with E-state index in [1.165, 1.54) is 0 Å². The molecule has 0 spiro atoms. The van der Waals surface area contributed by atoms with Gasteiger partial charge in [-0.2, -0.15) is 0 Å². The molecular formula is C17H22F2N2O2. The average Bonchev–Trinajstić information content (AvgIpc) is 2.94. The van der Waals surface area contributed by atoms with Crippen LogP contribution in [0.3, 0.4) is 0 Å². The van der Waals surface area contributed by atoms with Crippen LogP contribution in [0.1, 0.15) is 38.5 Å². The van der Waals surface area contributed by atoms with Gasteiger partial charge in [-0.15, -0.1) is 0 Å². The first-order valence-electron chi connectivity index (χ1n) is 8.29. The number of hydrogen-bond donors (Lipinski definition) is 2. The van der Waals surface area contributed by atoms with Crippen molar-refractivity contribution in [1.29, 1.82) is 0 Å². The molecule has 126 valence electrons. The van der Waals surface area contributed by atoms with Gasteiger partial charge in [-0.1, -0.05) is 0 Å². The van der Waals surface area contributed by atoms with Gasteiger partial charge in [0, 0.05) is 18.8 Å². The van der Waals surface area contributed by atoms with Crippen LogP contribution in [0.15, 0.2) is 12.1 Å². The molecule has 1 aromatic rings. The lowest BCUT2D eigenvalue weighted by Gasteiger charge is -2.29. The Kier molecular flexibility index (Phi) is 4.80. The molecule has 2 aliphatic rings. The van der Waals surface area contributed by atoms with Gasteiger partial charge >= 0.3 is 0 Å². The Morgan fingerprint density at radius 1 is 1.09 bits per heavy atom. The van der Waals surface area contributed by atoms with Gasteiger partial charge in [0.15, 0.2) is 11.6 Å². The Morgan fingerprint density at radius 2 is 1.74 bits per heavy atom. The number of halogens is 2. The first-order chi connectivity index (χ1) is 11.1. The van der Waals surface area contributed by atoms with E-state index < -0.39 is 23.7 Å². The van der Waals surface area contributed by atoms with Crippen molar-refractivity contribution >= 4 is 17.3 Å². The van der Waals surface area contributed by atoms with Crippen LogP contribution in [0, 0.1) is 17.6 Å². The van der Waals surface area contributed by atoms with Crippen LogP contribution in [0.2, 0.25) is 0 Å². The third kappa shape index (κ3) is 3.47. The molecule has 0 bridgehead atoms. The predicted octanol–water partition coefficient (Wildman–Crippen LogP) is 3.05. The normalized spacial score (nSPS) is 24.7. The van der Waals surface area contributed by atoms with Crippen LogP contribution in [-0.2, 0) is 4.79 Å². The molecule has 0 aromatic heterocycles. The zero-order chi connectivity index (χ0) is 16.4. The van der Waals surface area contributed by atoms with Gasteiger partial charge in [0.25, 0.3) is 0 Å². The van der Waals surface area contributed by atoms with Crippen LogP contribution >= 0.6 is 0 Å². The number of carbonyl (C=O) groups is 1. The van der Waals surface area contributed by atoms with Gasteiger partial charge in [-0.3, -0.25) is 4.79 Å². The van der Waals surface area contributed by atoms with E-state index in [1.54, 1.807) is 4.90 Å². The highest BCUT2D eigenvalue weighted by molar-refractivity contribution is 5.93. The van der Waals surface area contributed by atoms with Gasteiger partial charge in [0.1, 0.15) is 5.69 Å². The first kappa shape index (κ1) is 16.2. The summed E-state index contributed by atoms with van der Waals surface area (Å²) in [5, 5.41) is 12.3. The summed E-state index contributed by atoms with van der Waals surface area (Å²) in [5.41, 5.74) is 0.0912. The molecule has 2 atom stereocenters. The number of amides is 1. The molecule has 2 N–H and O–H groups in total. The van der Waals surface area contributed by atoms with E-state index >= 15 is 0 Å². The quantitative estimate of drug-likeness (QED) is 0.898. The minimum atomic E-state index is -0.669. The molecule has 0 radical (unpaired) electrons. The number of nitrogens with one attached hydrogen (secondary N) is 1. The van der Waals surface area contributed by atoms with E-state index in [9.17, 15) is 18.7 Å². The van der Waals surface area contributed by atoms with Gasteiger partial charge in [0.2, 0.25) is 5.91 Å². The minimum Gasteiger partial charge on any atom is -0.392 e. The largest absolute Gasteiger partial charge is 0.392 e. The third-order valence-electron chi connectivity index (χ3n) is 4.77. The molecule has 1 amide bonds. The smallest absolute Gasteiger partial charge is 0.230 e. The molecule has 1 heterocycles. The summed E-state index contributed by atoms with van der Waals surface area (Å²) in [5.74, 6) is -2.19. The first-order valence-corrected chi connectivity index (χ1v) is 8.29. The lowest BCUT2D eigenvalue weighted by Crippen LogP contribution is -2.31. The molecule has 3 rings (SSSR count). The maximum Gasteiger partial charge on any atom is 0.230 e. The second-order valence-corrected chi connectivity index (χ2v) is 6.43. The number of aliphatic hydroxyl groups is 1. The fraction of sp³-hybridized carbons (Fsp3) is 0.588. The molecule has 2 fully saturated rings. The van der Waals surface area contributed by atoms with Crippen LogP contribution in [-0.4, -0.2) is 30.2 Å². The number of aliphatic hydroxyl groups excluding tert-OH is 1. The number of carbonyl (C=O) groups excluding carboxylic acids is 1. The summed E-state index contributed by atoms with van der Waals surface area (Å²) >= 11 is 0. The van der Waals surface area contributed by atoms with Crippen molar-refractivity contribution in [3.63, 3.8) is 0 Å². The third-order valence-corrected chi connectivity index (χ3v) is 4.77. The summed E-state index contributed by atoms with van der Waals surface area (Å²) < 4.78 is 28.6. The highest BCUT2D eigenvalue weighted by Crippen LogP contribution is 2.31. The van der Waals surface area contributed by atoms with Crippen molar-refractivity contribution in [3.05, 3.63) is 23.8 Å². The summed E-state index contributed by atoms with van der Waals surface area (Å²) in [6, 6.07) is 2.32. The van der Waals surface area contributed by atoms with Crippen molar-refractivity contribution in [2.24, 2.45) is 5.92 Å². The molecule has 1 aliphatic heterocycles. The lowest BCUT2D eigenvalue weighted by atomic mass is 10.0. The van der Waals surface area contributed by atoms with Crippen LogP contribution in [0.5, 0.6) is 0 Å². The van der Waals surface area contributed by atoms with Crippen molar-refractivity contribution in [2.45, 2.75) is 44.6 Å². The van der Waals surface area contributed by atoms with Crippen LogP contribution < -0.4 is 10.2 Å². The van der Waals surface area contributed by atoms with E-state index in [0.29, 0.717) is 25.9 Å². The number of benzene rings is 1. The summed E-state index contributed by atoms with van der Waals surface area (Å²) in [4.78, 5) is 13.8. The van der Waals surface area contributed by atoms with Crippen molar-refractivity contribution in [2.75, 3.05) is 23.3 Å². The van der Waals surface area contributed by atoms with Crippen molar-refractivity contribution in [3.8, 4) is 0 Å². The van der Waals surface area contributed by atoms with E-state index in [4.69, 9.17) is 0 Å².